The van der Waals surface area contributed by atoms with Gasteiger partial charge in [0, 0.05) is 24.2 Å². The van der Waals surface area contributed by atoms with Gasteiger partial charge in [-0.05, 0) is 24.3 Å². The molecule has 0 atom stereocenters. The normalized spacial score (nSPS) is 14.4. The molecule has 2 aromatic carbocycles. The molecule has 1 fully saturated rings. The van der Waals surface area contributed by atoms with Crippen molar-refractivity contribution >= 4 is 17.5 Å². The lowest BCUT2D eigenvalue weighted by atomic mass is 10.1. The van der Waals surface area contributed by atoms with Crippen LogP contribution >= 0.6 is 11.6 Å². The topological polar surface area (TPSA) is 60.2 Å². The van der Waals surface area contributed by atoms with Gasteiger partial charge in [-0.3, -0.25) is 4.79 Å². The second kappa shape index (κ2) is 7.27. The van der Waals surface area contributed by atoms with E-state index in [0.717, 1.165) is 11.3 Å². The maximum absolute atomic E-state index is 12.6. The first-order valence-electron chi connectivity index (χ1n) is 8.36. The summed E-state index contributed by atoms with van der Waals surface area (Å²) in [5.74, 6) is 0.691. The number of amides is 1. The molecule has 0 unspecified atom stereocenters. The van der Waals surface area contributed by atoms with Gasteiger partial charge < -0.3 is 9.64 Å². The van der Waals surface area contributed by atoms with Crippen LogP contribution in [0.25, 0.3) is 17.1 Å². The number of morpholine rings is 1. The van der Waals surface area contributed by atoms with E-state index in [2.05, 4.69) is 10.1 Å². The van der Waals surface area contributed by atoms with Gasteiger partial charge in [-0.25, -0.2) is 9.67 Å². The lowest BCUT2D eigenvalue weighted by molar-refractivity contribution is 0.0303. The minimum absolute atomic E-state index is 0.0208. The van der Waals surface area contributed by atoms with E-state index in [4.69, 9.17) is 16.3 Å². The highest BCUT2D eigenvalue weighted by molar-refractivity contribution is 6.32. The van der Waals surface area contributed by atoms with Gasteiger partial charge in [0.2, 0.25) is 0 Å². The Morgan fingerprint density at radius 2 is 1.77 bits per heavy atom. The Hall–Kier alpha value is -2.70. The number of carbonyl (C=O) groups excluding carboxylic acids is 1. The van der Waals surface area contributed by atoms with Crippen molar-refractivity contribution < 1.29 is 9.53 Å². The molecular weight excluding hydrogens is 352 g/mol. The van der Waals surface area contributed by atoms with Gasteiger partial charge >= 0.3 is 0 Å². The predicted octanol–water partition coefficient (Wildman–Crippen LogP) is 3.06. The SMILES string of the molecule is O=C(c1ccc(-c2ncnn2-c2ccccc2Cl)cc1)N1CCOCC1. The van der Waals surface area contributed by atoms with Gasteiger partial charge in [-0.2, -0.15) is 5.10 Å². The Bertz CT molecular complexity index is 917. The summed E-state index contributed by atoms with van der Waals surface area (Å²) >= 11 is 6.28. The summed E-state index contributed by atoms with van der Waals surface area (Å²) in [4.78, 5) is 18.7. The number of aromatic nitrogens is 3. The van der Waals surface area contributed by atoms with Crippen molar-refractivity contribution in [1.82, 2.24) is 19.7 Å². The van der Waals surface area contributed by atoms with Crippen molar-refractivity contribution in [3.63, 3.8) is 0 Å². The molecule has 3 aromatic rings. The maximum Gasteiger partial charge on any atom is 0.254 e. The van der Waals surface area contributed by atoms with Crippen LogP contribution in [0.3, 0.4) is 0 Å². The molecule has 4 rings (SSSR count). The van der Waals surface area contributed by atoms with Crippen LogP contribution in [0.15, 0.2) is 54.9 Å². The number of hydrogen-bond donors (Lipinski definition) is 0. The molecule has 0 spiro atoms. The Balaban J connectivity index is 1.61. The Morgan fingerprint density at radius 1 is 1.04 bits per heavy atom. The summed E-state index contributed by atoms with van der Waals surface area (Å²) in [5, 5.41) is 4.88. The van der Waals surface area contributed by atoms with Crippen LogP contribution in [0.4, 0.5) is 0 Å². The van der Waals surface area contributed by atoms with E-state index in [1.54, 1.807) is 4.68 Å². The first kappa shape index (κ1) is 16.8. The predicted molar refractivity (Wildman–Crippen MR) is 98.5 cm³/mol. The Kier molecular flexibility index (Phi) is 4.69. The third-order valence-corrected chi connectivity index (χ3v) is 4.64. The van der Waals surface area contributed by atoms with Crippen LogP contribution in [-0.2, 0) is 4.74 Å². The molecular formula is C19H17ClN4O2. The largest absolute Gasteiger partial charge is 0.378 e. The summed E-state index contributed by atoms with van der Waals surface area (Å²) in [6.45, 7) is 2.43. The van der Waals surface area contributed by atoms with Crippen LogP contribution in [0.1, 0.15) is 10.4 Å². The van der Waals surface area contributed by atoms with Crippen molar-refractivity contribution in [2.24, 2.45) is 0 Å². The molecule has 1 aliphatic heterocycles. The molecule has 1 aromatic heterocycles. The molecule has 2 heterocycles. The smallest absolute Gasteiger partial charge is 0.254 e. The van der Waals surface area contributed by atoms with E-state index < -0.39 is 0 Å². The van der Waals surface area contributed by atoms with Crippen molar-refractivity contribution in [3.05, 3.63) is 65.4 Å². The zero-order valence-electron chi connectivity index (χ0n) is 14.0. The van der Waals surface area contributed by atoms with E-state index in [9.17, 15) is 4.79 Å². The number of benzene rings is 2. The van der Waals surface area contributed by atoms with Gasteiger partial charge in [-0.15, -0.1) is 0 Å². The molecule has 1 aliphatic rings. The summed E-state index contributed by atoms with van der Waals surface area (Å²) < 4.78 is 6.99. The highest BCUT2D eigenvalue weighted by atomic mass is 35.5. The molecule has 0 saturated carbocycles. The van der Waals surface area contributed by atoms with E-state index in [-0.39, 0.29) is 5.91 Å². The fraction of sp³-hybridized carbons (Fsp3) is 0.211. The standard InChI is InChI=1S/C19H17ClN4O2/c20-16-3-1-2-4-17(16)24-18(21-13-22-24)14-5-7-15(8-6-14)19(25)23-9-11-26-12-10-23/h1-8,13H,9-12H2. The number of halogens is 1. The lowest BCUT2D eigenvalue weighted by Crippen LogP contribution is -2.40. The number of hydrogen-bond acceptors (Lipinski definition) is 4. The third kappa shape index (κ3) is 3.21. The number of ether oxygens (including phenoxy) is 1. The van der Waals surface area contributed by atoms with Gasteiger partial charge in [0.25, 0.3) is 5.91 Å². The van der Waals surface area contributed by atoms with E-state index >= 15 is 0 Å². The average Bonchev–Trinajstić information content (AvgIpc) is 3.18. The second-order valence-corrected chi connectivity index (χ2v) is 6.34. The van der Waals surface area contributed by atoms with Crippen molar-refractivity contribution in [1.29, 1.82) is 0 Å². The van der Waals surface area contributed by atoms with Crippen molar-refractivity contribution in [2.75, 3.05) is 26.3 Å². The number of rotatable bonds is 3. The van der Waals surface area contributed by atoms with Gasteiger partial charge in [0.1, 0.15) is 6.33 Å². The maximum atomic E-state index is 12.6. The fourth-order valence-corrected chi connectivity index (χ4v) is 3.16. The van der Waals surface area contributed by atoms with Crippen LogP contribution in [0, 0.1) is 0 Å². The fourth-order valence-electron chi connectivity index (χ4n) is 2.95. The highest BCUT2D eigenvalue weighted by Gasteiger charge is 2.19. The molecule has 0 aliphatic carbocycles. The lowest BCUT2D eigenvalue weighted by Gasteiger charge is -2.26. The molecule has 26 heavy (non-hydrogen) atoms. The molecule has 7 heteroatoms. The molecule has 0 radical (unpaired) electrons. The van der Waals surface area contributed by atoms with Crippen LogP contribution < -0.4 is 0 Å². The summed E-state index contributed by atoms with van der Waals surface area (Å²) in [5.41, 5.74) is 2.27. The van der Waals surface area contributed by atoms with Gasteiger partial charge in [0.15, 0.2) is 5.82 Å². The quantitative estimate of drug-likeness (QED) is 0.713. The van der Waals surface area contributed by atoms with Gasteiger partial charge in [0.05, 0.1) is 23.9 Å². The number of carbonyl (C=O) groups is 1. The van der Waals surface area contributed by atoms with E-state index in [1.165, 1.54) is 6.33 Å². The molecule has 132 valence electrons. The van der Waals surface area contributed by atoms with Crippen LogP contribution in [0.2, 0.25) is 5.02 Å². The highest BCUT2D eigenvalue weighted by Crippen LogP contribution is 2.25. The summed E-state index contributed by atoms with van der Waals surface area (Å²) in [6, 6.07) is 14.9. The molecule has 0 bridgehead atoms. The second-order valence-electron chi connectivity index (χ2n) is 5.93. The minimum Gasteiger partial charge on any atom is -0.378 e. The minimum atomic E-state index is 0.0208. The van der Waals surface area contributed by atoms with Gasteiger partial charge in [-0.1, -0.05) is 35.9 Å². The van der Waals surface area contributed by atoms with Crippen molar-refractivity contribution in [3.8, 4) is 17.1 Å². The Labute approximate surface area is 156 Å². The first-order chi connectivity index (χ1) is 12.7. The first-order valence-corrected chi connectivity index (χ1v) is 8.74. The third-order valence-electron chi connectivity index (χ3n) is 4.32. The average molecular weight is 369 g/mol. The van der Waals surface area contributed by atoms with E-state index in [0.29, 0.717) is 42.7 Å². The summed E-state index contributed by atoms with van der Waals surface area (Å²) in [7, 11) is 0. The molecule has 1 saturated heterocycles. The van der Waals surface area contributed by atoms with E-state index in [1.807, 2.05) is 53.4 Å². The molecule has 6 nitrogen and oxygen atoms in total. The molecule has 0 N–H and O–H groups in total. The van der Waals surface area contributed by atoms with Crippen LogP contribution in [0.5, 0.6) is 0 Å². The monoisotopic (exact) mass is 368 g/mol. The summed E-state index contributed by atoms with van der Waals surface area (Å²) in [6.07, 6.45) is 1.49. The zero-order valence-corrected chi connectivity index (χ0v) is 14.8. The number of nitrogens with zero attached hydrogens (tertiary/aromatic N) is 4. The Morgan fingerprint density at radius 3 is 2.50 bits per heavy atom. The van der Waals surface area contributed by atoms with Crippen molar-refractivity contribution in [2.45, 2.75) is 0 Å². The number of para-hydroxylation sites is 1. The zero-order chi connectivity index (χ0) is 17.9. The molecule has 1 amide bonds. The van der Waals surface area contributed by atoms with Crippen LogP contribution in [-0.4, -0.2) is 51.9 Å².